The van der Waals surface area contributed by atoms with Gasteiger partial charge in [-0.2, -0.15) is 13.2 Å². The third-order valence-corrected chi connectivity index (χ3v) is 5.15. The summed E-state index contributed by atoms with van der Waals surface area (Å²) in [6, 6.07) is 4.21. The Morgan fingerprint density at radius 3 is 2.21 bits per heavy atom. The SMILES string of the molecule is Cc1cc(S(=O)(=O)Nc2cc(F)cc(C(F)(F)F)c2)c(C)cc1Cl. The molecule has 3 nitrogen and oxygen atoms in total. The van der Waals surface area contributed by atoms with E-state index in [-0.39, 0.29) is 11.0 Å². The van der Waals surface area contributed by atoms with Crippen LogP contribution in [0.1, 0.15) is 16.7 Å². The molecule has 0 aliphatic carbocycles. The second kappa shape index (κ2) is 6.25. The minimum absolute atomic E-state index is 0.151. The maximum atomic E-state index is 13.4. The Morgan fingerprint density at radius 2 is 1.62 bits per heavy atom. The number of sulfonamides is 1. The molecule has 0 heterocycles. The number of rotatable bonds is 3. The van der Waals surface area contributed by atoms with Gasteiger partial charge in [-0.25, -0.2) is 12.8 Å². The zero-order valence-corrected chi connectivity index (χ0v) is 14.1. The van der Waals surface area contributed by atoms with Crippen LogP contribution in [0.4, 0.5) is 23.2 Å². The molecule has 0 unspecified atom stereocenters. The van der Waals surface area contributed by atoms with Crippen molar-refractivity contribution in [2.45, 2.75) is 24.9 Å². The fourth-order valence-corrected chi connectivity index (χ4v) is 3.64. The maximum Gasteiger partial charge on any atom is 0.416 e. The lowest BCUT2D eigenvalue weighted by molar-refractivity contribution is -0.137. The fourth-order valence-electron chi connectivity index (χ4n) is 2.07. The predicted molar refractivity (Wildman–Crippen MR) is 83.1 cm³/mol. The number of hydrogen-bond acceptors (Lipinski definition) is 2. The highest BCUT2D eigenvalue weighted by molar-refractivity contribution is 7.92. The first-order valence-corrected chi connectivity index (χ1v) is 8.43. The standard InChI is InChI=1S/C15H12ClF4NO2S/c1-8-4-14(9(2)3-13(8)16)24(22,23)21-12-6-10(15(18,19)20)5-11(17)7-12/h3-7,21H,1-2H3. The van der Waals surface area contributed by atoms with Gasteiger partial charge in [0, 0.05) is 5.02 Å². The Labute approximate surface area is 141 Å². The van der Waals surface area contributed by atoms with E-state index < -0.39 is 33.3 Å². The van der Waals surface area contributed by atoms with Crippen LogP contribution in [0.3, 0.4) is 0 Å². The van der Waals surface area contributed by atoms with Crippen LogP contribution in [0.15, 0.2) is 35.2 Å². The molecule has 0 aliphatic rings. The Morgan fingerprint density at radius 1 is 1.00 bits per heavy atom. The first-order valence-electron chi connectivity index (χ1n) is 6.57. The van der Waals surface area contributed by atoms with Gasteiger partial charge in [-0.3, -0.25) is 4.72 Å². The van der Waals surface area contributed by atoms with Gasteiger partial charge in [0.1, 0.15) is 5.82 Å². The molecule has 0 saturated heterocycles. The minimum atomic E-state index is -4.80. The molecule has 0 atom stereocenters. The van der Waals surface area contributed by atoms with E-state index in [4.69, 9.17) is 11.6 Å². The quantitative estimate of drug-likeness (QED) is 0.767. The summed E-state index contributed by atoms with van der Waals surface area (Å²) in [7, 11) is -4.20. The van der Waals surface area contributed by atoms with Crippen molar-refractivity contribution in [2.75, 3.05) is 4.72 Å². The number of benzene rings is 2. The fraction of sp³-hybridized carbons (Fsp3) is 0.200. The smallest absolute Gasteiger partial charge is 0.280 e. The Hall–Kier alpha value is -1.80. The molecule has 0 aromatic heterocycles. The number of hydrogen-bond donors (Lipinski definition) is 1. The van der Waals surface area contributed by atoms with Crippen LogP contribution < -0.4 is 4.72 Å². The van der Waals surface area contributed by atoms with Gasteiger partial charge in [-0.05, 0) is 55.3 Å². The van der Waals surface area contributed by atoms with Crippen LogP contribution in [0.2, 0.25) is 5.02 Å². The molecule has 9 heteroatoms. The number of alkyl halides is 3. The van der Waals surface area contributed by atoms with E-state index in [1.165, 1.54) is 19.1 Å². The normalized spacial score (nSPS) is 12.3. The van der Waals surface area contributed by atoms with Crippen molar-refractivity contribution in [1.29, 1.82) is 0 Å². The highest BCUT2D eigenvalue weighted by Gasteiger charge is 2.32. The van der Waals surface area contributed by atoms with Crippen molar-refractivity contribution < 1.29 is 26.0 Å². The zero-order valence-electron chi connectivity index (χ0n) is 12.5. The average Bonchev–Trinajstić information content (AvgIpc) is 2.40. The first-order chi connectivity index (χ1) is 10.9. The van der Waals surface area contributed by atoms with E-state index in [1.807, 2.05) is 4.72 Å². The van der Waals surface area contributed by atoms with Crippen LogP contribution in [-0.4, -0.2) is 8.42 Å². The van der Waals surface area contributed by atoms with E-state index in [1.54, 1.807) is 6.92 Å². The van der Waals surface area contributed by atoms with Crippen molar-refractivity contribution in [2.24, 2.45) is 0 Å². The molecule has 0 aliphatic heterocycles. The van der Waals surface area contributed by atoms with Gasteiger partial charge in [0.15, 0.2) is 0 Å². The van der Waals surface area contributed by atoms with Gasteiger partial charge >= 0.3 is 6.18 Å². The summed E-state index contributed by atoms with van der Waals surface area (Å²) in [6.07, 6.45) is -4.80. The molecule has 0 saturated carbocycles. The van der Waals surface area contributed by atoms with Crippen molar-refractivity contribution in [3.05, 3.63) is 57.9 Å². The summed E-state index contributed by atoms with van der Waals surface area (Å²) >= 11 is 5.90. The first kappa shape index (κ1) is 18.5. The molecular formula is C15H12ClF4NO2S. The molecule has 2 aromatic carbocycles. The Bertz CT molecular complexity index is 895. The van der Waals surface area contributed by atoms with Gasteiger partial charge < -0.3 is 0 Å². The summed E-state index contributed by atoms with van der Waals surface area (Å²) in [6.45, 7) is 3.08. The summed E-state index contributed by atoms with van der Waals surface area (Å²) in [5.41, 5.74) is -1.01. The minimum Gasteiger partial charge on any atom is -0.280 e. The van der Waals surface area contributed by atoms with Crippen molar-refractivity contribution in [3.63, 3.8) is 0 Å². The predicted octanol–water partition coefficient (Wildman–Crippen LogP) is 4.92. The van der Waals surface area contributed by atoms with Crippen molar-refractivity contribution in [1.82, 2.24) is 0 Å². The lowest BCUT2D eigenvalue weighted by Gasteiger charge is -2.14. The largest absolute Gasteiger partial charge is 0.416 e. The lowest BCUT2D eigenvalue weighted by Crippen LogP contribution is -2.16. The highest BCUT2D eigenvalue weighted by atomic mass is 35.5. The molecule has 24 heavy (non-hydrogen) atoms. The monoisotopic (exact) mass is 381 g/mol. The summed E-state index contributed by atoms with van der Waals surface area (Å²) in [5.74, 6) is -1.20. The average molecular weight is 382 g/mol. The van der Waals surface area contributed by atoms with E-state index >= 15 is 0 Å². The number of halogens is 5. The van der Waals surface area contributed by atoms with Gasteiger partial charge in [0.05, 0.1) is 16.1 Å². The molecule has 0 bridgehead atoms. The van der Waals surface area contributed by atoms with Crippen molar-refractivity contribution >= 4 is 27.3 Å². The second-order valence-electron chi connectivity index (χ2n) is 5.20. The zero-order chi connectivity index (χ0) is 18.3. The molecular weight excluding hydrogens is 370 g/mol. The van der Waals surface area contributed by atoms with Crippen LogP contribution in [0.5, 0.6) is 0 Å². The molecule has 130 valence electrons. The van der Waals surface area contributed by atoms with Gasteiger partial charge in [-0.15, -0.1) is 0 Å². The molecule has 1 N–H and O–H groups in total. The summed E-state index contributed by atoms with van der Waals surface area (Å²) < 4.78 is 78.3. The summed E-state index contributed by atoms with van der Waals surface area (Å²) in [5, 5.41) is 0.358. The van der Waals surface area contributed by atoms with E-state index in [0.29, 0.717) is 28.3 Å². The number of nitrogens with one attached hydrogen (secondary N) is 1. The van der Waals surface area contributed by atoms with Gasteiger partial charge in [-0.1, -0.05) is 11.6 Å². The number of anilines is 1. The molecule has 0 radical (unpaired) electrons. The van der Waals surface area contributed by atoms with Crippen LogP contribution in [-0.2, 0) is 16.2 Å². The van der Waals surface area contributed by atoms with E-state index in [2.05, 4.69) is 0 Å². The maximum absolute atomic E-state index is 13.4. The third kappa shape index (κ3) is 3.99. The molecule has 0 spiro atoms. The Balaban J connectivity index is 2.47. The topological polar surface area (TPSA) is 46.2 Å². The third-order valence-electron chi connectivity index (χ3n) is 3.22. The second-order valence-corrected chi connectivity index (χ2v) is 7.26. The highest BCUT2D eigenvalue weighted by Crippen LogP contribution is 2.32. The molecule has 0 amide bonds. The van der Waals surface area contributed by atoms with Crippen LogP contribution in [0, 0.1) is 19.7 Å². The van der Waals surface area contributed by atoms with Gasteiger partial charge in [0.25, 0.3) is 10.0 Å². The van der Waals surface area contributed by atoms with E-state index in [9.17, 15) is 26.0 Å². The van der Waals surface area contributed by atoms with Crippen molar-refractivity contribution in [3.8, 4) is 0 Å². The molecule has 0 fully saturated rings. The van der Waals surface area contributed by atoms with Crippen LogP contribution >= 0.6 is 11.6 Å². The lowest BCUT2D eigenvalue weighted by atomic mass is 10.2. The molecule has 2 rings (SSSR count). The van der Waals surface area contributed by atoms with Gasteiger partial charge in [0.2, 0.25) is 0 Å². The number of aryl methyl sites for hydroxylation is 2. The molecule has 2 aromatic rings. The summed E-state index contributed by atoms with van der Waals surface area (Å²) in [4.78, 5) is -0.151. The van der Waals surface area contributed by atoms with Crippen LogP contribution in [0.25, 0.3) is 0 Å². The van der Waals surface area contributed by atoms with E-state index in [0.717, 1.165) is 0 Å². The Kier molecular flexibility index (Phi) is 4.83.